The fraction of sp³-hybridized carbons (Fsp3) is 0.278. The van der Waals surface area contributed by atoms with Gasteiger partial charge in [-0.05, 0) is 35.9 Å². The number of hydrogen-bond donors (Lipinski definition) is 1. The van der Waals surface area contributed by atoms with Gasteiger partial charge in [0.2, 0.25) is 5.91 Å². The van der Waals surface area contributed by atoms with Crippen LogP contribution in [0, 0.1) is 0 Å². The van der Waals surface area contributed by atoms with E-state index in [1.807, 2.05) is 0 Å². The van der Waals surface area contributed by atoms with Gasteiger partial charge in [0.15, 0.2) is 11.5 Å². The molecule has 0 unspecified atom stereocenters. The molecule has 0 saturated carbocycles. The Bertz CT molecular complexity index is 1040. The zero-order valence-electron chi connectivity index (χ0n) is 15.1. The second-order valence-corrected chi connectivity index (χ2v) is 7.96. The smallest absolute Gasteiger partial charge is 0.495 e. The molecule has 2 aromatic rings. The van der Waals surface area contributed by atoms with E-state index in [1.54, 1.807) is 18.2 Å². The van der Waals surface area contributed by atoms with Crippen molar-refractivity contribution in [2.45, 2.75) is 16.8 Å². The number of alkyl halides is 3. The van der Waals surface area contributed by atoms with Gasteiger partial charge in [0.25, 0.3) is 9.84 Å². The minimum absolute atomic E-state index is 0.0154. The Morgan fingerprint density at radius 2 is 1.79 bits per heavy atom. The first-order valence-electron chi connectivity index (χ1n) is 8.29. The van der Waals surface area contributed by atoms with E-state index < -0.39 is 26.1 Å². The third kappa shape index (κ3) is 4.39. The minimum atomic E-state index is -5.57. The summed E-state index contributed by atoms with van der Waals surface area (Å²) in [5.74, 6) is 0.465. The van der Waals surface area contributed by atoms with E-state index in [2.05, 4.69) is 5.32 Å². The molecule has 0 atom stereocenters. The summed E-state index contributed by atoms with van der Waals surface area (Å²) in [6.45, 7) is 0.796. The fourth-order valence-electron chi connectivity index (χ4n) is 2.66. The van der Waals surface area contributed by atoms with Gasteiger partial charge in [-0.1, -0.05) is 6.07 Å². The quantitative estimate of drug-likeness (QED) is 0.783. The molecule has 0 bridgehead atoms. The van der Waals surface area contributed by atoms with Crippen LogP contribution in [0.15, 0.2) is 41.3 Å². The van der Waals surface area contributed by atoms with E-state index >= 15 is 0 Å². The molecule has 0 fully saturated rings. The van der Waals surface area contributed by atoms with Crippen molar-refractivity contribution < 1.29 is 40.6 Å². The highest BCUT2D eigenvalue weighted by molar-refractivity contribution is 7.92. The predicted molar refractivity (Wildman–Crippen MR) is 96.0 cm³/mol. The highest BCUT2D eigenvalue weighted by atomic mass is 32.2. The molecule has 1 heterocycles. The molecule has 0 saturated heterocycles. The summed E-state index contributed by atoms with van der Waals surface area (Å²) in [6.07, 6.45) is -0.129. The van der Waals surface area contributed by atoms with Crippen LogP contribution in [0.3, 0.4) is 0 Å². The Morgan fingerprint density at radius 1 is 1.10 bits per heavy atom. The Kier molecular flexibility index (Phi) is 5.60. The maximum Gasteiger partial charge on any atom is 0.501 e. The Hall–Kier alpha value is -2.95. The number of ether oxygens (including phenoxy) is 3. The molecular formula is C18H16F3NO6S. The molecule has 0 spiro atoms. The van der Waals surface area contributed by atoms with Crippen LogP contribution in [0.1, 0.15) is 5.56 Å². The van der Waals surface area contributed by atoms with Gasteiger partial charge in [0.1, 0.15) is 19.0 Å². The highest BCUT2D eigenvalue weighted by Crippen LogP contribution is 2.35. The number of carbonyl (C=O) groups is 1. The number of rotatable bonds is 5. The summed E-state index contributed by atoms with van der Waals surface area (Å²) < 4.78 is 77.4. The molecule has 1 aliphatic heterocycles. The molecule has 0 aliphatic carbocycles. The minimum Gasteiger partial charge on any atom is -0.495 e. The summed E-state index contributed by atoms with van der Waals surface area (Å²) in [4.78, 5) is 11.4. The molecule has 0 radical (unpaired) electrons. The average Bonchev–Trinajstić information content (AvgIpc) is 2.66. The van der Waals surface area contributed by atoms with Crippen molar-refractivity contribution in [3.8, 4) is 17.2 Å². The van der Waals surface area contributed by atoms with Gasteiger partial charge in [-0.3, -0.25) is 4.79 Å². The lowest BCUT2D eigenvalue weighted by atomic mass is 10.1. The highest BCUT2D eigenvalue weighted by Gasteiger charge is 2.47. The predicted octanol–water partition coefficient (Wildman–Crippen LogP) is 2.94. The topological polar surface area (TPSA) is 90.9 Å². The van der Waals surface area contributed by atoms with Crippen molar-refractivity contribution in [3.05, 3.63) is 42.0 Å². The van der Waals surface area contributed by atoms with Crippen LogP contribution in [0.4, 0.5) is 18.9 Å². The lowest BCUT2D eigenvalue weighted by Gasteiger charge is -2.19. The van der Waals surface area contributed by atoms with E-state index in [0.717, 1.165) is 12.1 Å². The number of fused-ring (bicyclic) bond motifs is 1. The summed E-state index contributed by atoms with van der Waals surface area (Å²) >= 11 is 0. The van der Waals surface area contributed by atoms with Crippen LogP contribution in [0.5, 0.6) is 17.2 Å². The van der Waals surface area contributed by atoms with Gasteiger partial charge in [0, 0.05) is 0 Å². The lowest BCUT2D eigenvalue weighted by molar-refractivity contribution is -0.115. The number of nitrogens with one attached hydrogen (secondary N) is 1. The fourth-order valence-corrected chi connectivity index (χ4v) is 3.45. The van der Waals surface area contributed by atoms with Crippen molar-refractivity contribution in [2.75, 3.05) is 25.6 Å². The van der Waals surface area contributed by atoms with Gasteiger partial charge in [-0.15, -0.1) is 0 Å². The molecule has 1 aliphatic rings. The number of sulfone groups is 1. The molecular weight excluding hydrogens is 415 g/mol. The molecule has 1 amide bonds. The molecule has 156 valence electrons. The molecule has 2 aromatic carbocycles. The molecule has 11 heteroatoms. The van der Waals surface area contributed by atoms with Crippen LogP contribution < -0.4 is 19.5 Å². The number of benzene rings is 2. The van der Waals surface area contributed by atoms with Gasteiger partial charge >= 0.3 is 5.51 Å². The first-order chi connectivity index (χ1) is 13.6. The number of methoxy groups -OCH3 is 1. The normalized spacial score (nSPS) is 13.7. The molecule has 3 rings (SSSR count). The van der Waals surface area contributed by atoms with Gasteiger partial charge in [-0.25, -0.2) is 8.42 Å². The van der Waals surface area contributed by atoms with Crippen molar-refractivity contribution in [3.63, 3.8) is 0 Å². The third-order valence-electron chi connectivity index (χ3n) is 4.03. The second-order valence-electron chi connectivity index (χ2n) is 6.01. The van der Waals surface area contributed by atoms with Gasteiger partial charge in [-0.2, -0.15) is 13.2 Å². The van der Waals surface area contributed by atoms with Gasteiger partial charge in [0.05, 0.1) is 24.1 Å². The van der Waals surface area contributed by atoms with Crippen molar-refractivity contribution in [1.82, 2.24) is 0 Å². The number of amides is 1. The van der Waals surface area contributed by atoms with Crippen LogP contribution in [0.2, 0.25) is 0 Å². The Balaban J connectivity index is 1.81. The number of anilines is 1. The van der Waals surface area contributed by atoms with Crippen LogP contribution in [0.25, 0.3) is 0 Å². The number of halogens is 3. The average molecular weight is 431 g/mol. The Labute approximate surface area is 164 Å². The monoisotopic (exact) mass is 431 g/mol. The van der Waals surface area contributed by atoms with E-state index in [9.17, 15) is 26.4 Å². The molecule has 7 nitrogen and oxygen atoms in total. The van der Waals surface area contributed by atoms with E-state index in [-0.39, 0.29) is 17.9 Å². The van der Waals surface area contributed by atoms with Crippen molar-refractivity contribution >= 4 is 21.4 Å². The van der Waals surface area contributed by atoms with E-state index in [0.29, 0.717) is 36.3 Å². The second kappa shape index (κ2) is 7.82. The van der Waals surface area contributed by atoms with Crippen LogP contribution in [-0.4, -0.2) is 40.2 Å². The Morgan fingerprint density at radius 3 is 2.45 bits per heavy atom. The standard InChI is InChI=1S/C18H16F3NO6S/c1-26-14-5-3-12(29(24,25)18(19,20)21)10-13(14)22-17(23)9-11-2-4-15-16(8-11)28-7-6-27-15/h2-5,8,10H,6-7,9H2,1H3,(H,22,23). The summed E-state index contributed by atoms with van der Waals surface area (Å²) in [5, 5.41) is 2.39. The first-order valence-corrected chi connectivity index (χ1v) is 9.78. The summed E-state index contributed by atoms with van der Waals surface area (Å²) in [7, 11) is -4.33. The molecule has 1 N–H and O–H groups in total. The van der Waals surface area contributed by atoms with Crippen LogP contribution >= 0.6 is 0 Å². The van der Waals surface area contributed by atoms with E-state index in [4.69, 9.17) is 14.2 Å². The summed E-state index contributed by atoms with van der Waals surface area (Å²) in [5.41, 5.74) is -5.08. The van der Waals surface area contributed by atoms with Crippen molar-refractivity contribution in [2.24, 2.45) is 0 Å². The van der Waals surface area contributed by atoms with Crippen molar-refractivity contribution in [1.29, 1.82) is 0 Å². The van der Waals surface area contributed by atoms with Gasteiger partial charge < -0.3 is 19.5 Å². The molecule has 0 aromatic heterocycles. The largest absolute Gasteiger partial charge is 0.501 e. The number of hydrogen-bond acceptors (Lipinski definition) is 6. The van der Waals surface area contributed by atoms with E-state index in [1.165, 1.54) is 7.11 Å². The summed E-state index contributed by atoms with van der Waals surface area (Å²) in [6, 6.07) is 7.43. The lowest BCUT2D eigenvalue weighted by Crippen LogP contribution is -2.23. The maximum atomic E-state index is 12.8. The van der Waals surface area contributed by atoms with Crippen LogP contribution in [-0.2, 0) is 21.1 Å². The zero-order chi connectivity index (χ0) is 21.2. The third-order valence-corrected chi connectivity index (χ3v) is 5.52. The number of carbonyl (C=O) groups excluding carboxylic acids is 1. The maximum absolute atomic E-state index is 12.8. The SMILES string of the molecule is COc1ccc(S(=O)(=O)C(F)(F)F)cc1NC(=O)Cc1ccc2c(c1)OCCO2. The zero-order valence-corrected chi connectivity index (χ0v) is 15.9. The molecule has 29 heavy (non-hydrogen) atoms. The first kappa shape index (κ1) is 20.8.